The minimum atomic E-state index is 0.820. The van der Waals surface area contributed by atoms with Crippen LogP contribution in [0.15, 0.2) is 48.7 Å². The monoisotopic (exact) mass is 214 g/mol. The highest BCUT2D eigenvalue weighted by molar-refractivity contribution is 5.12. The maximum atomic E-state index is 3.91. The van der Waals surface area contributed by atoms with Crippen molar-refractivity contribution in [3.8, 4) is 0 Å². The molecule has 1 aromatic rings. The van der Waals surface area contributed by atoms with Crippen LogP contribution in [0.3, 0.4) is 0 Å². The standard InChI is InChI=1S/C12H14N4/c1-11-9-7-5-3-4-6-8-10-13-15-16-14-12(11)2/h3-10H,1-2H3. The fourth-order valence-corrected chi connectivity index (χ4v) is 0.884. The first-order chi connectivity index (χ1) is 7.80. The van der Waals surface area contributed by atoms with E-state index < -0.39 is 0 Å². The van der Waals surface area contributed by atoms with Gasteiger partial charge in [-0.1, -0.05) is 36.4 Å². The lowest BCUT2D eigenvalue weighted by Crippen LogP contribution is -1.87. The van der Waals surface area contributed by atoms with E-state index in [0.29, 0.717) is 0 Å². The molecule has 0 N–H and O–H groups in total. The Hall–Kier alpha value is -2.10. The highest BCUT2D eigenvalue weighted by Gasteiger charge is 1.84. The Bertz CT molecular complexity index is 401. The number of hydrogen-bond donors (Lipinski definition) is 0. The van der Waals surface area contributed by atoms with Crippen LogP contribution in [-0.2, 0) is 0 Å². The lowest BCUT2D eigenvalue weighted by atomic mass is 10.2. The molecule has 0 saturated carbocycles. The molecular weight excluding hydrogens is 200 g/mol. The van der Waals surface area contributed by atoms with Gasteiger partial charge in [-0.2, -0.15) is 0 Å². The quantitative estimate of drug-likeness (QED) is 0.664. The molecule has 0 radical (unpaired) electrons. The highest BCUT2D eigenvalue weighted by Crippen LogP contribution is 1.95. The molecule has 0 amide bonds. The third kappa shape index (κ3) is 4.95. The van der Waals surface area contributed by atoms with E-state index in [1.165, 1.54) is 0 Å². The normalized spacial score (nSPS) is 8.62. The summed E-state index contributed by atoms with van der Waals surface area (Å²) in [5.74, 6) is 0. The Morgan fingerprint density at radius 2 is 1.50 bits per heavy atom. The molecule has 0 aromatic carbocycles. The molecule has 16 heavy (non-hydrogen) atoms. The van der Waals surface area contributed by atoms with E-state index in [-0.39, 0.29) is 0 Å². The lowest BCUT2D eigenvalue weighted by molar-refractivity contribution is 0.776. The number of aromatic nitrogens is 4. The summed E-state index contributed by atoms with van der Waals surface area (Å²) in [4.78, 5) is 0. The topological polar surface area (TPSA) is 51.6 Å². The maximum absolute atomic E-state index is 3.91. The Morgan fingerprint density at radius 1 is 0.812 bits per heavy atom. The van der Waals surface area contributed by atoms with Gasteiger partial charge in [-0.05, 0) is 35.9 Å². The molecule has 0 saturated heterocycles. The fraction of sp³-hybridized carbons (Fsp3) is 0.167. The minimum Gasteiger partial charge on any atom is -0.137 e. The third-order valence-corrected chi connectivity index (χ3v) is 1.91. The van der Waals surface area contributed by atoms with E-state index in [1.807, 2.05) is 50.2 Å². The average Bonchev–Trinajstić information content (AvgIpc) is 2.29. The molecule has 4 heteroatoms. The first-order valence-corrected chi connectivity index (χ1v) is 4.95. The largest absolute Gasteiger partial charge is 0.137 e. The molecule has 0 fully saturated rings. The van der Waals surface area contributed by atoms with E-state index in [4.69, 9.17) is 0 Å². The number of nitrogens with zero attached hydrogens (tertiary/aromatic N) is 4. The summed E-state index contributed by atoms with van der Waals surface area (Å²) in [6.07, 6.45) is 1.55. The Kier molecular flexibility index (Phi) is 5.41. The van der Waals surface area contributed by atoms with Crippen molar-refractivity contribution in [2.45, 2.75) is 13.8 Å². The summed E-state index contributed by atoms with van der Waals surface area (Å²) < 4.78 is 0. The van der Waals surface area contributed by atoms with Gasteiger partial charge >= 0.3 is 0 Å². The van der Waals surface area contributed by atoms with Crippen molar-refractivity contribution in [3.63, 3.8) is 0 Å². The first kappa shape index (κ1) is 12.0. The predicted molar refractivity (Wildman–Crippen MR) is 62.4 cm³/mol. The van der Waals surface area contributed by atoms with Gasteiger partial charge in [0, 0.05) is 0 Å². The summed E-state index contributed by atoms with van der Waals surface area (Å²) in [5, 5.41) is 14.7. The van der Waals surface area contributed by atoms with Crippen molar-refractivity contribution in [1.29, 1.82) is 0 Å². The zero-order chi connectivity index (χ0) is 11.6. The van der Waals surface area contributed by atoms with Crippen LogP contribution in [0, 0.1) is 13.8 Å². The van der Waals surface area contributed by atoms with Gasteiger partial charge in [-0.3, -0.25) is 0 Å². The smallest absolute Gasteiger partial charge is 0.0647 e. The average molecular weight is 214 g/mol. The fourth-order valence-electron chi connectivity index (χ4n) is 0.884. The molecule has 1 aromatic heterocycles. The van der Waals surface area contributed by atoms with Crippen molar-refractivity contribution < 1.29 is 0 Å². The Labute approximate surface area is 95.0 Å². The van der Waals surface area contributed by atoms with E-state index >= 15 is 0 Å². The molecular formula is C12H14N4. The lowest BCUT2D eigenvalue weighted by Gasteiger charge is -1.87. The van der Waals surface area contributed by atoms with Crippen LogP contribution in [-0.4, -0.2) is 20.6 Å². The Morgan fingerprint density at radius 3 is 2.31 bits per heavy atom. The molecule has 0 atom stereocenters. The summed E-state index contributed by atoms with van der Waals surface area (Å²) in [5.41, 5.74) is 1.86. The van der Waals surface area contributed by atoms with E-state index in [1.54, 1.807) is 12.3 Å². The van der Waals surface area contributed by atoms with Crippen LogP contribution in [0.4, 0.5) is 0 Å². The predicted octanol–water partition coefficient (Wildman–Crippen LogP) is 2.13. The molecule has 82 valence electrons. The van der Waals surface area contributed by atoms with Crippen LogP contribution >= 0.6 is 0 Å². The maximum Gasteiger partial charge on any atom is 0.0647 e. The van der Waals surface area contributed by atoms with Crippen LogP contribution < -0.4 is 0 Å². The summed E-state index contributed by atoms with van der Waals surface area (Å²) >= 11 is 0. The molecule has 0 spiro atoms. The van der Waals surface area contributed by atoms with Gasteiger partial charge < -0.3 is 0 Å². The second kappa shape index (κ2) is 7.23. The minimum absolute atomic E-state index is 0.820. The van der Waals surface area contributed by atoms with Gasteiger partial charge in [0.15, 0.2) is 0 Å². The summed E-state index contributed by atoms with van der Waals surface area (Å²) in [6.45, 7) is 3.85. The number of hydrogen-bond acceptors (Lipinski definition) is 4. The molecule has 0 bridgehead atoms. The van der Waals surface area contributed by atoms with Crippen molar-refractivity contribution >= 4 is 0 Å². The number of rotatable bonds is 0. The van der Waals surface area contributed by atoms with Gasteiger partial charge in [0.1, 0.15) is 0 Å². The zero-order valence-corrected chi connectivity index (χ0v) is 9.41. The second-order valence-corrected chi connectivity index (χ2v) is 3.13. The van der Waals surface area contributed by atoms with Gasteiger partial charge in [0.05, 0.1) is 11.9 Å². The van der Waals surface area contributed by atoms with Crippen molar-refractivity contribution in [3.05, 3.63) is 59.9 Å². The molecule has 0 unspecified atom stereocenters. The SMILES string of the molecule is Cc1ccccccccnnnnc1C. The molecule has 1 heterocycles. The van der Waals surface area contributed by atoms with E-state index in [2.05, 4.69) is 20.6 Å². The highest BCUT2D eigenvalue weighted by atomic mass is 15.4. The van der Waals surface area contributed by atoms with Crippen molar-refractivity contribution in [2.75, 3.05) is 0 Å². The summed E-state index contributed by atoms with van der Waals surface area (Å²) in [6, 6.07) is 13.4. The van der Waals surface area contributed by atoms with Gasteiger partial charge in [-0.25, -0.2) is 0 Å². The Balaban J connectivity index is 3.24. The van der Waals surface area contributed by atoms with E-state index in [0.717, 1.165) is 11.3 Å². The molecule has 1 rings (SSSR count). The number of aryl methyl sites for hydroxylation is 2. The second-order valence-electron chi connectivity index (χ2n) is 3.13. The molecule has 0 aliphatic carbocycles. The van der Waals surface area contributed by atoms with Gasteiger partial charge in [-0.15, -0.1) is 10.2 Å². The zero-order valence-electron chi connectivity index (χ0n) is 9.41. The van der Waals surface area contributed by atoms with Crippen LogP contribution in [0.2, 0.25) is 0 Å². The third-order valence-electron chi connectivity index (χ3n) is 1.91. The van der Waals surface area contributed by atoms with Crippen LogP contribution in [0.25, 0.3) is 0 Å². The van der Waals surface area contributed by atoms with Crippen molar-refractivity contribution in [1.82, 2.24) is 20.6 Å². The molecule has 0 aliphatic rings. The van der Waals surface area contributed by atoms with Gasteiger partial charge in [0.25, 0.3) is 0 Å². The van der Waals surface area contributed by atoms with Crippen LogP contribution in [0.1, 0.15) is 11.3 Å². The van der Waals surface area contributed by atoms with Crippen molar-refractivity contribution in [2.24, 2.45) is 0 Å². The molecule has 0 aliphatic heterocycles. The van der Waals surface area contributed by atoms with Gasteiger partial charge in [0.2, 0.25) is 0 Å². The van der Waals surface area contributed by atoms with E-state index in [9.17, 15) is 0 Å². The van der Waals surface area contributed by atoms with Crippen LogP contribution in [0.5, 0.6) is 0 Å². The summed E-state index contributed by atoms with van der Waals surface area (Å²) in [7, 11) is 0. The first-order valence-electron chi connectivity index (χ1n) is 4.95. The molecule has 4 nitrogen and oxygen atoms in total.